The van der Waals surface area contributed by atoms with Crippen LogP contribution in [0.4, 0.5) is 0 Å². The number of pyridine rings is 1. The number of hydrogen-bond donors (Lipinski definition) is 1. The van der Waals surface area contributed by atoms with Gasteiger partial charge < -0.3 is 5.11 Å². The van der Waals surface area contributed by atoms with Crippen molar-refractivity contribution in [2.24, 2.45) is 0 Å². The first kappa shape index (κ1) is 34.5. The summed E-state index contributed by atoms with van der Waals surface area (Å²) in [6, 6.07) is 39.7. The molecule has 1 N–H and O–H groups in total. The zero-order chi connectivity index (χ0) is 69.3. The van der Waals surface area contributed by atoms with Crippen LogP contribution in [-0.4, -0.2) is 19.6 Å². The molecule has 0 fully saturated rings. The van der Waals surface area contributed by atoms with Gasteiger partial charge in [0.15, 0.2) is 0 Å². The maximum atomic E-state index is 12.9. The van der Waals surface area contributed by atoms with Gasteiger partial charge in [0.2, 0.25) is 0 Å². The Morgan fingerprint density at radius 2 is 1.16 bits per heavy atom. The molecule has 0 saturated heterocycles. The van der Waals surface area contributed by atoms with Crippen molar-refractivity contribution in [2.45, 2.75) is 111 Å². The summed E-state index contributed by atoms with van der Waals surface area (Å²) in [5.41, 5.74) is 0.156. The van der Waals surface area contributed by atoms with Gasteiger partial charge in [-0.15, -0.1) is 23.8 Å². The van der Waals surface area contributed by atoms with Gasteiger partial charge in [-0.25, -0.2) is 4.98 Å². The molecule has 0 saturated carbocycles. The second kappa shape index (κ2) is 20.4. The summed E-state index contributed by atoms with van der Waals surface area (Å²) in [6.07, 6.45) is -0.806. The molecule has 0 amide bonds. The zero-order valence-corrected chi connectivity index (χ0v) is 46.2. The van der Waals surface area contributed by atoms with Crippen molar-refractivity contribution in [1.82, 2.24) is 14.5 Å². The molecule has 0 atom stereocenters. The van der Waals surface area contributed by atoms with E-state index in [9.17, 15) is 9.22 Å². The monoisotopic (exact) mass is 1190 g/mol. The third-order valence-electron chi connectivity index (χ3n) is 13.6. The summed E-state index contributed by atoms with van der Waals surface area (Å²) in [4.78, 5) is 9.98. The van der Waals surface area contributed by atoms with Gasteiger partial charge in [-0.2, -0.15) is 0 Å². The molecule has 0 aliphatic rings. The molecule has 2 aromatic heterocycles. The van der Waals surface area contributed by atoms with Crippen molar-refractivity contribution >= 4 is 11.0 Å². The van der Waals surface area contributed by atoms with E-state index in [1.807, 2.05) is 128 Å². The molecular weight excluding hydrogens is 1110 g/mol. The summed E-state index contributed by atoms with van der Waals surface area (Å²) in [5, 5.41) is 12.9. The number of imidazole rings is 1. The summed E-state index contributed by atoms with van der Waals surface area (Å²) >= 11 is 0. The van der Waals surface area contributed by atoms with E-state index in [0.29, 0.717) is 66.8 Å². The molecule has 386 valence electrons. The molecule has 0 spiro atoms. The number of phenols is 1. The first-order valence-electron chi connectivity index (χ1n) is 34.4. The van der Waals surface area contributed by atoms with Crippen LogP contribution >= 0.6 is 0 Å². The predicted octanol–water partition coefficient (Wildman–Crippen LogP) is 19.1. The Morgan fingerprint density at radius 1 is 0.513 bits per heavy atom. The largest absolute Gasteiger partial charge is 0.507 e. The smallest absolute Gasteiger partial charge is 0.148 e. The van der Waals surface area contributed by atoms with Gasteiger partial charge in [-0.3, -0.25) is 9.55 Å². The molecule has 8 aromatic carbocycles. The number of aromatic nitrogens is 3. The quantitative estimate of drug-likeness (QED) is 0.154. The second-order valence-electron chi connectivity index (χ2n) is 22.2. The standard InChI is InChI=1S/C71H70N3O.Pt/c1-45-37-64(59(44-58(45)48-23-18-15-19-24-48)49-29-33-55(34-30-49)69(5,6)7)74-63-26-20-25-57(65(63)73-67(74)60-42-56(70(8,9)10)43-61(66(60)75)71(11,12)13)52-38-51(46-21-16-14-17-22-46)39-53(40-52)62-41-50(35-36-72-62)47-27-31-54(32-28-47)68(2,3)4;/h14-39,41-44,75H,1-13H3;/q-1;/i1D3,2D3,3D3,4D3,27D,28D,31D,32D,35D,36D,41D;. The van der Waals surface area contributed by atoms with E-state index in [0.717, 1.165) is 16.7 Å². The predicted molar refractivity (Wildman–Crippen MR) is 317 cm³/mol. The first-order chi connectivity index (χ1) is 43.4. The molecule has 0 aliphatic heterocycles. The van der Waals surface area contributed by atoms with Crippen LogP contribution in [0.2, 0.25) is 0 Å². The molecule has 0 aliphatic carbocycles. The van der Waals surface area contributed by atoms with Crippen LogP contribution in [0.1, 0.15) is 137 Å². The molecular formula is C71H70N3OPt-. The Hall–Kier alpha value is -7.13. The van der Waals surface area contributed by atoms with Gasteiger partial charge in [0.1, 0.15) is 11.6 Å². The summed E-state index contributed by atoms with van der Waals surface area (Å²) < 4.78 is 169. The van der Waals surface area contributed by atoms with Gasteiger partial charge in [-0.1, -0.05) is 233 Å². The molecule has 4 nitrogen and oxygen atoms in total. The Kier molecular flexibility index (Phi) is 9.28. The SMILES string of the molecule is [2H]c1nc(-c2[c-]c(-c3cccc4c3nc(-c3cc(C(C)(C)C)cc(C(C)(C)C)c3O)n4-c3cc(C([2H])([2H])[2H])c(-c4ccccc4)cc3-c3ccc(C(C)(C)C)cc3)cc(-c3ccccc3)c2)c([2H])c(-c2c([2H])c([2H])c(C(C([2H])([2H])[2H])(C([2H])([2H])[2H])C([2H])([2H])[2H])c([2H])c2[2H])c1[2H].[Pt]. The van der Waals surface area contributed by atoms with Crippen molar-refractivity contribution in [3.63, 3.8) is 0 Å². The van der Waals surface area contributed by atoms with E-state index in [2.05, 4.69) is 64.7 Å². The van der Waals surface area contributed by atoms with Crippen LogP contribution in [-0.2, 0) is 42.7 Å². The van der Waals surface area contributed by atoms with E-state index in [1.165, 1.54) is 0 Å². The zero-order valence-electron chi connectivity index (χ0n) is 62.9. The minimum atomic E-state index is -3.97. The number of phenolic OH excluding ortho intramolecular Hbond substituents is 1. The maximum absolute atomic E-state index is 12.9. The topological polar surface area (TPSA) is 50.9 Å². The van der Waals surface area contributed by atoms with Crippen LogP contribution in [0.15, 0.2) is 182 Å². The number of aromatic hydroxyl groups is 1. The summed E-state index contributed by atoms with van der Waals surface area (Å²) in [7, 11) is 0. The fourth-order valence-electron chi connectivity index (χ4n) is 9.40. The summed E-state index contributed by atoms with van der Waals surface area (Å²) in [6.45, 7) is 4.00. The van der Waals surface area contributed by atoms with Crippen LogP contribution < -0.4 is 0 Å². The fourth-order valence-corrected chi connectivity index (χ4v) is 9.40. The minimum absolute atomic E-state index is 0. The van der Waals surface area contributed by atoms with E-state index in [4.69, 9.17) is 26.9 Å². The molecule has 0 radical (unpaired) electrons. The van der Waals surface area contributed by atoms with Crippen molar-refractivity contribution in [3.8, 4) is 89.7 Å². The average molecular weight is 1200 g/mol. The third-order valence-corrected chi connectivity index (χ3v) is 13.6. The van der Waals surface area contributed by atoms with Crippen molar-refractivity contribution in [1.29, 1.82) is 0 Å². The Labute approximate surface area is 493 Å². The Balaban J connectivity index is 0.0000106. The van der Waals surface area contributed by atoms with Gasteiger partial charge in [-0.05, 0) is 114 Å². The number of benzene rings is 8. The van der Waals surface area contributed by atoms with Crippen molar-refractivity contribution < 1.29 is 52.2 Å². The Morgan fingerprint density at radius 3 is 1.79 bits per heavy atom. The molecule has 0 bridgehead atoms. The van der Waals surface area contributed by atoms with Gasteiger partial charge >= 0.3 is 0 Å². The summed E-state index contributed by atoms with van der Waals surface area (Å²) in [5.74, 6) is 0.194. The van der Waals surface area contributed by atoms with Crippen molar-refractivity contribution in [2.75, 3.05) is 0 Å². The first-order valence-corrected chi connectivity index (χ1v) is 24.9. The molecule has 10 rings (SSSR count). The van der Waals surface area contributed by atoms with E-state index < -0.39 is 103 Å². The van der Waals surface area contributed by atoms with E-state index in [1.54, 1.807) is 24.3 Å². The number of hydrogen-bond acceptors (Lipinski definition) is 3. The molecule has 5 heteroatoms. The Bertz CT molecular complexity index is 4560. The van der Waals surface area contributed by atoms with E-state index >= 15 is 0 Å². The van der Waals surface area contributed by atoms with Crippen LogP contribution in [0, 0.1) is 12.9 Å². The van der Waals surface area contributed by atoms with Gasteiger partial charge in [0.05, 0.1) is 31.9 Å². The van der Waals surface area contributed by atoms with E-state index in [-0.39, 0.29) is 54.9 Å². The molecule has 76 heavy (non-hydrogen) atoms. The van der Waals surface area contributed by atoms with Gasteiger partial charge in [0, 0.05) is 60.5 Å². The van der Waals surface area contributed by atoms with Crippen molar-refractivity contribution in [3.05, 3.63) is 216 Å². The minimum Gasteiger partial charge on any atom is -0.507 e. The van der Waals surface area contributed by atoms with Crippen LogP contribution in [0.3, 0.4) is 0 Å². The molecule has 2 heterocycles. The normalized spacial score (nSPS) is 16.5. The number of para-hydroxylation sites is 1. The number of fused-ring (bicyclic) bond motifs is 1. The number of nitrogens with zero attached hydrogens (tertiary/aromatic N) is 3. The molecule has 0 unspecified atom stereocenters. The number of rotatable bonds is 8. The van der Waals surface area contributed by atoms with Crippen LogP contribution in [0.5, 0.6) is 5.75 Å². The molecule has 10 aromatic rings. The van der Waals surface area contributed by atoms with Gasteiger partial charge in [0.25, 0.3) is 0 Å². The maximum Gasteiger partial charge on any atom is 0.148 e. The number of aryl methyl sites for hydroxylation is 1. The fraction of sp³-hybridized carbons (Fsp3) is 0.239. The van der Waals surface area contributed by atoms with Crippen LogP contribution in [0.25, 0.3) is 95.0 Å². The third kappa shape index (κ3) is 10.7. The second-order valence-corrected chi connectivity index (χ2v) is 22.2. The average Bonchev–Trinajstić information content (AvgIpc) is 1.04.